The summed E-state index contributed by atoms with van der Waals surface area (Å²) in [6.07, 6.45) is 1.33. The molecule has 1 saturated heterocycles. The molecule has 0 radical (unpaired) electrons. The first kappa shape index (κ1) is 13.8. The van der Waals surface area contributed by atoms with Crippen LogP contribution >= 0.6 is 11.6 Å². The molecular formula is C17H21ClN2. The molecule has 1 aliphatic rings. The van der Waals surface area contributed by atoms with Gasteiger partial charge >= 0.3 is 0 Å². The van der Waals surface area contributed by atoms with Gasteiger partial charge in [-0.25, -0.2) is 4.98 Å². The van der Waals surface area contributed by atoms with Gasteiger partial charge in [0.05, 0.1) is 5.52 Å². The monoisotopic (exact) mass is 288 g/mol. The second-order valence-electron chi connectivity index (χ2n) is 6.27. The fourth-order valence-electron chi connectivity index (χ4n) is 3.41. The molecule has 3 rings (SSSR count). The van der Waals surface area contributed by atoms with Crippen LogP contribution in [0.25, 0.3) is 10.9 Å². The number of pyridine rings is 1. The Bertz CT molecular complexity index is 601. The van der Waals surface area contributed by atoms with E-state index in [0.29, 0.717) is 5.15 Å². The summed E-state index contributed by atoms with van der Waals surface area (Å²) in [6.45, 7) is 7.90. The lowest BCUT2D eigenvalue weighted by Gasteiger charge is -2.35. The number of halogens is 1. The van der Waals surface area contributed by atoms with Gasteiger partial charge in [-0.2, -0.15) is 0 Å². The quantitative estimate of drug-likeness (QED) is 0.763. The van der Waals surface area contributed by atoms with Crippen molar-refractivity contribution in [2.75, 3.05) is 13.1 Å². The van der Waals surface area contributed by atoms with Crippen LogP contribution in [0.3, 0.4) is 0 Å². The summed E-state index contributed by atoms with van der Waals surface area (Å²) in [5.41, 5.74) is 2.12. The van der Waals surface area contributed by atoms with E-state index in [1.807, 2.05) is 18.2 Å². The highest BCUT2D eigenvalue weighted by atomic mass is 35.5. The molecule has 0 spiro atoms. The molecule has 0 N–H and O–H groups in total. The molecule has 0 amide bonds. The van der Waals surface area contributed by atoms with E-state index < -0.39 is 0 Å². The molecule has 0 aliphatic carbocycles. The summed E-state index contributed by atoms with van der Waals surface area (Å²) in [7, 11) is 0. The third-order valence-corrected chi connectivity index (χ3v) is 4.42. The average Bonchev–Trinajstić information content (AvgIpc) is 2.38. The van der Waals surface area contributed by atoms with E-state index in [0.717, 1.165) is 42.6 Å². The molecule has 2 aromatic rings. The Balaban J connectivity index is 1.85. The summed E-state index contributed by atoms with van der Waals surface area (Å²) in [4.78, 5) is 7.03. The number of hydrogen-bond donors (Lipinski definition) is 0. The van der Waals surface area contributed by atoms with Crippen LogP contribution in [0.1, 0.15) is 25.8 Å². The van der Waals surface area contributed by atoms with Crippen LogP contribution in [0.4, 0.5) is 0 Å². The minimum absolute atomic E-state index is 0.648. The Kier molecular flexibility index (Phi) is 3.95. The van der Waals surface area contributed by atoms with E-state index in [4.69, 9.17) is 11.6 Å². The number of likely N-dealkylation sites (tertiary alicyclic amines) is 1. The molecule has 1 fully saturated rings. The number of piperidine rings is 1. The number of aromatic nitrogens is 1. The lowest BCUT2D eigenvalue weighted by atomic mass is 9.91. The van der Waals surface area contributed by atoms with Crippen molar-refractivity contribution in [1.82, 2.24) is 9.88 Å². The second kappa shape index (κ2) is 5.71. The number of nitrogens with zero attached hydrogens (tertiary/aromatic N) is 2. The molecular weight excluding hydrogens is 268 g/mol. The van der Waals surface area contributed by atoms with E-state index >= 15 is 0 Å². The van der Waals surface area contributed by atoms with E-state index in [1.165, 1.54) is 11.8 Å². The van der Waals surface area contributed by atoms with Gasteiger partial charge in [-0.05, 0) is 30.4 Å². The molecule has 2 atom stereocenters. The normalized spacial score (nSPS) is 24.1. The predicted octanol–water partition coefficient (Wildman–Crippen LogP) is 4.37. The Morgan fingerprint density at radius 1 is 1.20 bits per heavy atom. The summed E-state index contributed by atoms with van der Waals surface area (Å²) in [6, 6.07) is 10.3. The smallest absolute Gasteiger partial charge is 0.134 e. The SMILES string of the molecule is CC1CC(C)CN(Cc2cc3ccccc3nc2Cl)C1. The van der Waals surface area contributed by atoms with Gasteiger partial charge in [-0.15, -0.1) is 0 Å². The fourth-order valence-corrected chi connectivity index (χ4v) is 3.61. The van der Waals surface area contributed by atoms with E-state index in [2.05, 4.69) is 35.9 Å². The number of rotatable bonds is 2. The number of fused-ring (bicyclic) bond motifs is 1. The molecule has 1 aromatic carbocycles. The van der Waals surface area contributed by atoms with Crippen LogP contribution in [-0.2, 0) is 6.54 Å². The third kappa shape index (κ3) is 2.97. The fraction of sp³-hybridized carbons (Fsp3) is 0.471. The summed E-state index contributed by atoms with van der Waals surface area (Å²) < 4.78 is 0. The average molecular weight is 289 g/mol. The zero-order valence-electron chi connectivity index (χ0n) is 12.1. The maximum absolute atomic E-state index is 6.36. The molecule has 2 nitrogen and oxygen atoms in total. The zero-order valence-corrected chi connectivity index (χ0v) is 12.9. The zero-order chi connectivity index (χ0) is 14.1. The van der Waals surface area contributed by atoms with Crippen LogP contribution in [0.15, 0.2) is 30.3 Å². The van der Waals surface area contributed by atoms with Gasteiger partial charge < -0.3 is 0 Å². The van der Waals surface area contributed by atoms with Gasteiger partial charge in [0.25, 0.3) is 0 Å². The number of benzene rings is 1. The summed E-state index contributed by atoms with van der Waals surface area (Å²) in [5, 5.41) is 1.82. The highest BCUT2D eigenvalue weighted by molar-refractivity contribution is 6.30. The first-order valence-electron chi connectivity index (χ1n) is 7.38. The van der Waals surface area contributed by atoms with Gasteiger partial charge in [-0.1, -0.05) is 43.6 Å². The van der Waals surface area contributed by atoms with Gasteiger partial charge in [0.15, 0.2) is 0 Å². The molecule has 1 aromatic heterocycles. The Labute approximate surface area is 125 Å². The lowest BCUT2D eigenvalue weighted by Crippen LogP contribution is -2.38. The third-order valence-electron chi connectivity index (χ3n) is 4.09. The topological polar surface area (TPSA) is 16.1 Å². The van der Waals surface area contributed by atoms with Gasteiger partial charge in [0, 0.05) is 30.6 Å². The Hall–Kier alpha value is -1.12. The van der Waals surface area contributed by atoms with Gasteiger partial charge in [0.2, 0.25) is 0 Å². The number of para-hydroxylation sites is 1. The van der Waals surface area contributed by atoms with E-state index in [-0.39, 0.29) is 0 Å². The van der Waals surface area contributed by atoms with Gasteiger partial charge in [-0.3, -0.25) is 4.90 Å². The van der Waals surface area contributed by atoms with Crippen molar-refractivity contribution in [3.63, 3.8) is 0 Å². The van der Waals surface area contributed by atoms with E-state index in [1.54, 1.807) is 0 Å². The predicted molar refractivity (Wildman–Crippen MR) is 85.0 cm³/mol. The van der Waals surface area contributed by atoms with Gasteiger partial charge in [0.1, 0.15) is 5.15 Å². The minimum Gasteiger partial charge on any atom is -0.298 e. The van der Waals surface area contributed by atoms with Crippen molar-refractivity contribution in [1.29, 1.82) is 0 Å². The van der Waals surface area contributed by atoms with Crippen molar-refractivity contribution in [3.05, 3.63) is 41.0 Å². The largest absolute Gasteiger partial charge is 0.298 e. The molecule has 3 heteroatoms. The summed E-state index contributed by atoms with van der Waals surface area (Å²) in [5.74, 6) is 1.54. The van der Waals surface area contributed by atoms with Crippen LogP contribution in [0.2, 0.25) is 5.15 Å². The summed E-state index contributed by atoms with van der Waals surface area (Å²) >= 11 is 6.36. The first-order valence-corrected chi connectivity index (χ1v) is 7.76. The molecule has 0 bridgehead atoms. The van der Waals surface area contributed by atoms with E-state index in [9.17, 15) is 0 Å². The maximum atomic E-state index is 6.36. The Morgan fingerprint density at radius 3 is 2.65 bits per heavy atom. The molecule has 0 saturated carbocycles. The van der Waals surface area contributed by atoms with Crippen molar-refractivity contribution >= 4 is 22.5 Å². The Morgan fingerprint density at radius 2 is 1.90 bits per heavy atom. The standard InChI is InChI=1S/C17H21ClN2/c1-12-7-13(2)10-20(9-12)11-15-8-14-5-3-4-6-16(14)19-17(15)18/h3-6,8,12-13H,7,9-11H2,1-2H3. The van der Waals surface area contributed by atoms with Crippen LogP contribution in [0, 0.1) is 11.8 Å². The van der Waals surface area contributed by atoms with Crippen LogP contribution in [-0.4, -0.2) is 23.0 Å². The lowest BCUT2D eigenvalue weighted by molar-refractivity contribution is 0.134. The van der Waals surface area contributed by atoms with Crippen molar-refractivity contribution in [3.8, 4) is 0 Å². The molecule has 106 valence electrons. The highest BCUT2D eigenvalue weighted by Crippen LogP contribution is 2.26. The molecule has 1 aliphatic heterocycles. The van der Waals surface area contributed by atoms with Crippen LogP contribution in [0.5, 0.6) is 0 Å². The molecule has 2 unspecified atom stereocenters. The molecule has 2 heterocycles. The number of hydrogen-bond acceptors (Lipinski definition) is 2. The van der Waals surface area contributed by atoms with Crippen molar-refractivity contribution in [2.45, 2.75) is 26.8 Å². The molecule has 20 heavy (non-hydrogen) atoms. The van der Waals surface area contributed by atoms with Crippen molar-refractivity contribution in [2.24, 2.45) is 11.8 Å². The first-order chi connectivity index (χ1) is 9.61. The van der Waals surface area contributed by atoms with Crippen molar-refractivity contribution < 1.29 is 0 Å². The minimum atomic E-state index is 0.648. The second-order valence-corrected chi connectivity index (χ2v) is 6.63. The highest BCUT2D eigenvalue weighted by Gasteiger charge is 2.22. The maximum Gasteiger partial charge on any atom is 0.134 e. The van der Waals surface area contributed by atoms with Crippen LogP contribution < -0.4 is 0 Å².